The number of aromatic amines is 1. The van der Waals surface area contributed by atoms with Crippen LogP contribution < -0.4 is 5.73 Å². The average molecular weight is 344 g/mol. The van der Waals surface area contributed by atoms with Crippen LogP contribution >= 0.6 is 12.2 Å². The van der Waals surface area contributed by atoms with Crippen LogP contribution in [0.4, 0.5) is 5.69 Å². The molecule has 0 fully saturated rings. The van der Waals surface area contributed by atoms with Crippen LogP contribution in [-0.2, 0) is 0 Å². The molecular weight excluding hydrogens is 332 g/mol. The highest BCUT2D eigenvalue weighted by Crippen LogP contribution is 2.34. The number of furan rings is 1. The van der Waals surface area contributed by atoms with Gasteiger partial charge in [0.15, 0.2) is 11.6 Å². The van der Waals surface area contributed by atoms with Gasteiger partial charge in [-0.1, -0.05) is 42.5 Å². The highest BCUT2D eigenvalue weighted by molar-refractivity contribution is 7.71. The molecule has 2 aromatic heterocycles. The Bertz CT molecular complexity index is 1170. The van der Waals surface area contributed by atoms with Crippen LogP contribution in [0.5, 0.6) is 0 Å². The monoisotopic (exact) mass is 344 g/mol. The maximum Gasteiger partial charge on any atom is 0.175 e. The van der Waals surface area contributed by atoms with Crippen molar-refractivity contribution in [2.24, 2.45) is 0 Å². The van der Waals surface area contributed by atoms with E-state index in [0.29, 0.717) is 38.4 Å². The zero-order chi connectivity index (χ0) is 17.4. The topological polar surface area (TPSA) is 91.6 Å². The van der Waals surface area contributed by atoms with Crippen molar-refractivity contribution in [3.63, 3.8) is 0 Å². The minimum absolute atomic E-state index is 0.328. The van der Waals surface area contributed by atoms with Gasteiger partial charge in [-0.3, -0.25) is 0 Å². The summed E-state index contributed by atoms with van der Waals surface area (Å²) in [5.41, 5.74) is 9.35. The van der Waals surface area contributed by atoms with Crippen LogP contribution in [0.15, 0.2) is 59.2 Å². The number of nitrogen functional groups attached to an aromatic ring is 1. The first kappa shape index (κ1) is 15.1. The second-order valence-corrected chi connectivity index (χ2v) is 5.87. The summed E-state index contributed by atoms with van der Waals surface area (Å²) in [7, 11) is 0. The Kier molecular flexibility index (Phi) is 3.56. The van der Waals surface area contributed by atoms with E-state index < -0.39 is 0 Å². The molecule has 4 rings (SSSR count). The second kappa shape index (κ2) is 5.89. The zero-order valence-electron chi connectivity index (χ0n) is 13.0. The fourth-order valence-corrected chi connectivity index (χ4v) is 3.15. The molecule has 0 bridgehead atoms. The lowest BCUT2D eigenvalue weighted by Gasteiger charge is -2.11. The minimum Gasteiger partial charge on any atom is -0.461 e. The molecule has 0 spiro atoms. The van der Waals surface area contributed by atoms with Gasteiger partial charge in [0.1, 0.15) is 10.7 Å². The first-order valence-electron chi connectivity index (χ1n) is 7.55. The summed E-state index contributed by atoms with van der Waals surface area (Å²) in [6.07, 6.45) is 1.57. The number of hydrogen-bond donors (Lipinski definition) is 2. The quantitative estimate of drug-likeness (QED) is 0.407. The first-order valence-corrected chi connectivity index (χ1v) is 7.96. The van der Waals surface area contributed by atoms with Gasteiger partial charge in [0, 0.05) is 5.56 Å². The largest absolute Gasteiger partial charge is 0.461 e. The summed E-state index contributed by atoms with van der Waals surface area (Å²) in [5.74, 6) is 1.10. The molecule has 0 aliphatic rings. The number of anilines is 1. The van der Waals surface area contributed by atoms with Crippen LogP contribution in [0.1, 0.15) is 5.56 Å². The molecular formula is C19H12N4OS. The summed E-state index contributed by atoms with van der Waals surface area (Å²) in [4.78, 5) is 7.57. The summed E-state index contributed by atoms with van der Waals surface area (Å²) in [5, 5.41) is 10.2. The third kappa shape index (κ3) is 2.47. The van der Waals surface area contributed by atoms with Gasteiger partial charge in [0.2, 0.25) is 0 Å². The van der Waals surface area contributed by atoms with E-state index in [0.717, 1.165) is 11.1 Å². The third-order valence-corrected chi connectivity index (χ3v) is 4.29. The van der Waals surface area contributed by atoms with Crippen LogP contribution in [0.2, 0.25) is 0 Å². The van der Waals surface area contributed by atoms with Crippen molar-refractivity contribution in [1.82, 2.24) is 9.97 Å². The van der Waals surface area contributed by atoms with Crippen LogP contribution in [0.25, 0.3) is 33.6 Å². The number of nitrogens with zero attached hydrogens (tertiary/aromatic N) is 2. The summed E-state index contributed by atoms with van der Waals surface area (Å²) >= 11 is 5.41. The number of H-pyrrole nitrogens is 1. The molecule has 0 unspecified atom stereocenters. The standard InChI is InChI=1S/C19H12N4OS/c20-10-13-12(11-5-2-1-3-6-11)9-14-16(17(13)21)19(25)23-18(22-14)15-7-4-8-24-15/h1-9H,21H2,(H,22,23,25). The van der Waals surface area contributed by atoms with Gasteiger partial charge in [-0.15, -0.1) is 0 Å². The third-order valence-electron chi connectivity index (χ3n) is 4.00. The fraction of sp³-hybridized carbons (Fsp3) is 0. The Labute approximate surface area is 148 Å². The lowest BCUT2D eigenvalue weighted by atomic mass is 9.96. The molecule has 2 heterocycles. The molecule has 0 saturated carbocycles. The molecule has 0 saturated heterocycles. The number of fused-ring (bicyclic) bond motifs is 1. The SMILES string of the molecule is N#Cc1c(-c2ccccc2)cc2[nH]c(-c3ccco3)nc(=S)c2c1N. The predicted octanol–water partition coefficient (Wildman–Crippen LogP) is 4.67. The van der Waals surface area contributed by atoms with Crippen molar-refractivity contribution >= 4 is 28.8 Å². The van der Waals surface area contributed by atoms with Crippen molar-refractivity contribution in [2.75, 3.05) is 5.73 Å². The number of rotatable bonds is 2. The number of nitrogens with one attached hydrogen (secondary N) is 1. The van der Waals surface area contributed by atoms with Crippen molar-refractivity contribution in [3.05, 3.63) is 65.0 Å². The summed E-state index contributed by atoms with van der Waals surface area (Å²) < 4.78 is 5.72. The van der Waals surface area contributed by atoms with E-state index in [1.807, 2.05) is 36.4 Å². The Hall–Kier alpha value is -3.43. The van der Waals surface area contributed by atoms with Crippen molar-refractivity contribution in [1.29, 1.82) is 5.26 Å². The van der Waals surface area contributed by atoms with Crippen molar-refractivity contribution < 1.29 is 4.42 Å². The van der Waals surface area contributed by atoms with E-state index in [1.165, 1.54) is 0 Å². The van der Waals surface area contributed by atoms with Crippen molar-refractivity contribution in [2.45, 2.75) is 0 Å². The average Bonchev–Trinajstić information content (AvgIpc) is 3.16. The molecule has 4 aromatic rings. The lowest BCUT2D eigenvalue weighted by Crippen LogP contribution is -2.00. The highest BCUT2D eigenvalue weighted by Gasteiger charge is 2.16. The zero-order valence-corrected chi connectivity index (χ0v) is 13.8. The van der Waals surface area contributed by atoms with Gasteiger partial charge < -0.3 is 15.1 Å². The van der Waals surface area contributed by atoms with Crippen LogP contribution in [0.3, 0.4) is 0 Å². The lowest BCUT2D eigenvalue weighted by molar-refractivity contribution is 0.577. The van der Waals surface area contributed by atoms with Gasteiger partial charge in [0.05, 0.1) is 28.4 Å². The molecule has 25 heavy (non-hydrogen) atoms. The molecule has 6 heteroatoms. The Morgan fingerprint density at radius 2 is 1.96 bits per heavy atom. The van der Waals surface area contributed by atoms with Gasteiger partial charge in [-0.25, -0.2) is 4.98 Å². The molecule has 120 valence electrons. The highest BCUT2D eigenvalue weighted by atomic mass is 32.1. The number of nitriles is 1. The van der Waals surface area contributed by atoms with Crippen LogP contribution in [-0.4, -0.2) is 9.97 Å². The van der Waals surface area contributed by atoms with Crippen molar-refractivity contribution in [3.8, 4) is 28.8 Å². The molecule has 0 aliphatic carbocycles. The Morgan fingerprint density at radius 3 is 2.64 bits per heavy atom. The van der Waals surface area contributed by atoms with Crippen LogP contribution in [0, 0.1) is 16.0 Å². The molecule has 5 nitrogen and oxygen atoms in total. The molecule has 2 aromatic carbocycles. The molecule has 0 atom stereocenters. The molecule has 0 radical (unpaired) electrons. The smallest absolute Gasteiger partial charge is 0.175 e. The van der Waals surface area contributed by atoms with E-state index in [9.17, 15) is 5.26 Å². The fourth-order valence-electron chi connectivity index (χ4n) is 2.84. The van der Waals surface area contributed by atoms with E-state index in [4.69, 9.17) is 22.4 Å². The van der Waals surface area contributed by atoms with Gasteiger partial charge in [0.25, 0.3) is 0 Å². The van der Waals surface area contributed by atoms with Gasteiger partial charge in [-0.2, -0.15) is 5.26 Å². The predicted molar refractivity (Wildman–Crippen MR) is 99.2 cm³/mol. The van der Waals surface area contributed by atoms with Gasteiger partial charge in [-0.05, 0) is 23.8 Å². The number of aromatic nitrogens is 2. The summed E-state index contributed by atoms with van der Waals surface area (Å²) in [6, 6.07) is 17.3. The molecule has 0 aliphatic heterocycles. The maximum absolute atomic E-state index is 9.61. The normalized spacial score (nSPS) is 10.7. The minimum atomic E-state index is 0.328. The number of nitrogens with two attached hydrogens (primary N) is 1. The summed E-state index contributed by atoms with van der Waals surface area (Å²) in [6.45, 7) is 0. The Balaban J connectivity index is 2.08. The molecule has 3 N–H and O–H groups in total. The van der Waals surface area contributed by atoms with E-state index in [2.05, 4.69) is 16.0 Å². The number of hydrogen-bond acceptors (Lipinski definition) is 5. The van der Waals surface area contributed by atoms with E-state index in [-0.39, 0.29) is 0 Å². The van der Waals surface area contributed by atoms with E-state index >= 15 is 0 Å². The molecule has 0 amide bonds. The first-order chi connectivity index (χ1) is 12.2. The van der Waals surface area contributed by atoms with E-state index in [1.54, 1.807) is 18.4 Å². The second-order valence-electron chi connectivity index (χ2n) is 5.48. The number of benzene rings is 2. The maximum atomic E-state index is 9.61. The Morgan fingerprint density at radius 1 is 1.16 bits per heavy atom. The van der Waals surface area contributed by atoms with Gasteiger partial charge >= 0.3 is 0 Å².